The lowest BCUT2D eigenvalue weighted by Gasteiger charge is -2.30. The number of nitrogens with zero attached hydrogens (tertiary/aromatic N) is 2. The van der Waals surface area contributed by atoms with Gasteiger partial charge in [-0.3, -0.25) is 33.6 Å². The lowest BCUT2D eigenvalue weighted by atomic mass is 9.99. The topological polar surface area (TPSA) is 273 Å². The van der Waals surface area contributed by atoms with Crippen molar-refractivity contribution in [3.05, 3.63) is 65.7 Å². The summed E-state index contributed by atoms with van der Waals surface area (Å²) in [4.78, 5) is 113. The van der Waals surface area contributed by atoms with Gasteiger partial charge in [0.1, 0.15) is 36.0 Å². The number of phenols is 1. The maximum absolute atomic E-state index is 14.2. The number of imide groups is 1. The monoisotopic (exact) mass is 848 g/mol. The zero-order chi connectivity index (χ0) is 44.8. The lowest BCUT2D eigenvalue weighted by Crippen LogP contribution is -2.60. The Kier molecular flexibility index (Phi) is 17.7. The van der Waals surface area contributed by atoms with Crippen LogP contribution in [0.15, 0.2) is 54.6 Å². The van der Waals surface area contributed by atoms with E-state index in [1.807, 2.05) is 30.3 Å². The predicted octanol–water partition coefficient (Wildman–Crippen LogP) is 0.483. The zero-order valence-electron chi connectivity index (χ0n) is 35.3. The van der Waals surface area contributed by atoms with Crippen LogP contribution in [0.1, 0.15) is 83.8 Å². The minimum atomic E-state index is -1.28. The molecule has 2 fully saturated rings. The van der Waals surface area contributed by atoms with Crippen LogP contribution >= 0.6 is 0 Å². The molecule has 7 amide bonds. The summed E-state index contributed by atoms with van der Waals surface area (Å²) in [5.41, 5.74) is 13.5. The zero-order valence-corrected chi connectivity index (χ0v) is 35.3. The number of rotatable bonds is 21. The Hall–Kier alpha value is -5.88. The fourth-order valence-corrected chi connectivity index (χ4v) is 7.23. The maximum atomic E-state index is 14.2. The van der Waals surface area contributed by atoms with Gasteiger partial charge < -0.3 is 47.6 Å². The van der Waals surface area contributed by atoms with E-state index < -0.39 is 89.5 Å². The third kappa shape index (κ3) is 13.8. The minimum Gasteiger partial charge on any atom is -0.508 e. The Morgan fingerprint density at radius 1 is 0.787 bits per heavy atom. The second-order valence-electron chi connectivity index (χ2n) is 16.3. The van der Waals surface area contributed by atoms with E-state index >= 15 is 0 Å². The predicted molar refractivity (Wildman–Crippen MR) is 222 cm³/mol. The molecule has 2 saturated heterocycles. The van der Waals surface area contributed by atoms with Crippen molar-refractivity contribution in [2.24, 2.45) is 23.3 Å². The Morgan fingerprint density at radius 2 is 1.39 bits per heavy atom. The number of likely N-dealkylation sites (tertiary alicyclic amines) is 1. The van der Waals surface area contributed by atoms with E-state index in [1.54, 1.807) is 39.8 Å². The van der Waals surface area contributed by atoms with E-state index in [4.69, 9.17) is 16.3 Å². The average Bonchev–Trinajstić information content (AvgIpc) is 3.84. The van der Waals surface area contributed by atoms with Crippen molar-refractivity contribution in [3.63, 3.8) is 0 Å². The molecule has 9 N–H and O–H groups in total. The number of hydroxylamine groups is 2. The summed E-state index contributed by atoms with van der Waals surface area (Å²) in [7, 11) is 0. The molecule has 2 aromatic rings. The van der Waals surface area contributed by atoms with Gasteiger partial charge in [-0.05, 0) is 80.2 Å². The highest BCUT2D eigenvalue weighted by atomic mass is 16.7. The highest BCUT2D eigenvalue weighted by Crippen LogP contribution is 2.21. The smallest absolute Gasteiger partial charge is 0.355 e. The first-order chi connectivity index (χ1) is 29.0. The summed E-state index contributed by atoms with van der Waals surface area (Å²) in [6, 6.07) is 8.58. The normalized spacial score (nSPS) is 17.7. The Bertz CT molecular complexity index is 1860. The molecule has 2 aliphatic rings. The molecule has 0 bridgehead atoms. The van der Waals surface area contributed by atoms with Gasteiger partial charge in [-0.1, -0.05) is 70.2 Å². The quantitative estimate of drug-likeness (QED) is 0.0846. The number of nitrogens with one attached hydrogen (secondary N) is 4. The van der Waals surface area contributed by atoms with Crippen LogP contribution in [0.3, 0.4) is 0 Å². The van der Waals surface area contributed by atoms with Crippen LogP contribution in [0, 0.1) is 11.8 Å². The molecule has 0 saturated carbocycles. The lowest BCUT2D eigenvalue weighted by molar-refractivity contribution is -0.199. The first kappa shape index (κ1) is 47.8. The molecule has 4 rings (SSSR count). The van der Waals surface area contributed by atoms with E-state index in [0.29, 0.717) is 36.4 Å². The van der Waals surface area contributed by atoms with Crippen LogP contribution < -0.4 is 32.7 Å². The highest BCUT2D eigenvalue weighted by molar-refractivity contribution is 6.02. The van der Waals surface area contributed by atoms with Gasteiger partial charge in [-0.25, -0.2) is 4.79 Å². The molecule has 332 valence electrons. The molecule has 2 aromatic carbocycles. The van der Waals surface area contributed by atoms with Gasteiger partial charge in [0.05, 0.1) is 6.04 Å². The molecule has 6 atom stereocenters. The average molecular weight is 849 g/mol. The van der Waals surface area contributed by atoms with Crippen LogP contribution in [0.2, 0.25) is 0 Å². The van der Waals surface area contributed by atoms with Crippen LogP contribution in [0.5, 0.6) is 5.75 Å². The second kappa shape index (κ2) is 22.6. The number of carbonyl (C=O) groups excluding carboxylic acids is 8. The molecule has 0 spiro atoms. The summed E-state index contributed by atoms with van der Waals surface area (Å²) in [5.74, 6) is -6.22. The molecule has 0 aromatic heterocycles. The Labute approximate surface area is 355 Å². The SMILES string of the molecule is CC(C)C[C@H](NC(=O)[C@H](CCCN)NC(=O)[C@@H](NC(=O)[C@@H](Cc1ccc(O)cc1)NC(=O)[C@@H]1CCCN1C(=O)[C@H](N)Cc1ccccc1)C(C)C)C(=O)ON1C(=O)CCC1=O. The molecule has 2 heterocycles. The van der Waals surface area contributed by atoms with Crippen LogP contribution in [-0.4, -0.2) is 112 Å². The summed E-state index contributed by atoms with van der Waals surface area (Å²) >= 11 is 0. The van der Waals surface area contributed by atoms with E-state index in [9.17, 15) is 43.5 Å². The number of nitrogens with two attached hydrogens (primary N) is 2. The summed E-state index contributed by atoms with van der Waals surface area (Å²) < 4.78 is 0. The van der Waals surface area contributed by atoms with Gasteiger partial charge in [-0.15, -0.1) is 5.06 Å². The molecule has 0 unspecified atom stereocenters. The fraction of sp³-hybridized carbons (Fsp3) is 0.535. The number of phenolic OH excluding ortho intramolecular Hbond substituents is 1. The van der Waals surface area contributed by atoms with Crippen molar-refractivity contribution in [1.82, 2.24) is 31.2 Å². The van der Waals surface area contributed by atoms with Crippen molar-refractivity contribution in [1.29, 1.82) is 0 Å². The number of amides is 7. The van der Waals surface area contributed by atoms with E-state index in [-0.39, 0.29) is 56.7 Å². The highest BCUT2D eigenvalue weighted by Gasteiger charge is 2.40. The number of aromatic hydroxyl groups is 1. The minimum absolute atomic E-state index is 0.00489. The molecular weight excluding hydrogens is 789 g/mol. The third-order valence-corrected chi connectivity index (χ3v) is 10.5. The number of hydrogen-bond acceptors (Lipinski definition) is 12. The second-order valence-corrected chi connectivity index (χ2v) is 16.3. The number of benzene rings is 2. The van der Waals surface area contributed by atoms with Gasteiger partial charge in [-0.2, -0.15) is 0 Å². The maximum Gasteiger partial charge on any atom is 0.355 e. The third-order valence-electron chi connectivity index (χ3n) is 10.5. The van der Waals surface area contributed by atoms with E-state index in [0.717, 1.165) is 5.56 Å². The van der Waals surface area contributed by atoms with Crippen molar-refractivity contribution < 1.29 is 48.3 Å². The molecule has 2 aliphatic heterocycles. The van der Waals surface area contributed by atoms with E-state index in [2.05, 4.69) is 21.3 Å². The number of hydrogen-bond donors (Lipinski definition) is 7. The van der Waals surface area contributed by atoms with Crippen LogP contribution in [-0.2, 0) is 56.0 Å². The van der Waals surface area contributed by atoms with Gasteiger partial charge in [0, 0.05) is 25.8 Å². The molecule has 0 aliphatic carbocycles. The molecular formula is C43H60N8O10. The van der Waals surface area contributed by atoms with Gasteiger partial charge in [0.25, 0.3) is 11.8 Å². The van der Waals surface area contributed by atoms with Gasteiger partial charge in [0.2, 0.25) is 29.5 Å². The first-order valence-electron chi connectivity index (χ1n) is 20.9. The van der Waals surface area contributed by atoms with Crippen molar-refractivity contribution in [2.45, 2.75) is 122 Å². The Morgan fingerprint density at radius 3 is 2.00 bits per heavy atom. The van der Waals surface area contributed by atoms with Crippen molar-refractivity contribution in [3.8, 4) is 5.75 Å². The van der Waals surface area contributed by atoms with Gasteiger partial charge in [0.15, 0.2) is 0 Å². The van der Waals surface area contributed by atoms with Crippen LogP contribution in [0.4, 0.5) is 0 Å². The largest absolute Gasteiger partial charge is 0.508 e. The number of carbonyl (C=O) groups is 8. The molecule has 61 heavy (non-hydrogen) atoms. The van der Waals surface area contributed by atoms with E-state index in [1.165, 1.54) is 17.0 Å². The van der Waals surface area contributed by atoms with Gasteiger partial charge >= 0.3 is 5.97 Å². The molecule has 18 heteroatoms. The molecule has 0 radical (unpaired) electrons. The summed E-state index contributed by atoms with van der Waals surface area (Å²) in [6.45, 7) is 7.44. The summed E-state index contributed by atoms with van der Waals surface area (Å²) in [5, 5.41) is 21.1. The van der Waals surface area contributed by atoms with Crippen molar-refractivity contribution >= 4 is 47.3 Å². The Balaban J connectivity index is 1.50. The standard InChI is InChI=1S/C43H60N8O10/c1-25(2)22-33(43(60)61-51-35(53)18-19-36(51)54)48-38(55)31(12-8-20-44)46-41(58)37(26(3)4)49-39(56)32(24-28-14-16-29(52)17-15-28)47-40(57)34-13-9-21-50(34)42(59)30(45)23-27-10-6-5-7-11-27/h5-7,10-11,14-17,25-26,30-34,37,52H,8-9,12-13,18-24,44-45H2,1-4H3,(H,46,58)(H,47,57)(H,48,55)(H,49,56)/t30-,31+,32-,33+,34+,37+/m1/s1. The first-order valence-corrected chi connectivity index (χ1v) is 20.9. The fourth-order valence-electron chi connectivity index (χ4n) is 7.23. The van der Waals surface area contributed by atoms with Crippen molar-refractivity contribution in [2.75, 3.05) is 13.1 Å². The summed E-state index contributed by atoms with van der Waals surface area (Å²) in [6.07, 6.45) is 1.35. The van der Waals surface area contributed by atoms with Crippen LogP contribution in [0.25, 0.3) is 0 Å². The molecule has 18 nitrogen and oxygen atoms in total.